The quantitative estimate of drug-likeness (QED) is 0.829. The SMILES string of the molecule is Cl.NC1CCCC1(N)c1ccc(C(F)(F)F)cn1. The molecule has 18 heavy (non-hydrogen) atoms. The van der Waals surface area contributed by atoms with E-state index < -0.39 is 17.3 Å². The van der Waals surface area contributed by atoms with Crippen molar-refractivity contribution in [2.75, 3.05) is 0 Å². The molecule has 4 N–H and O–H groups in total. The number of hydrogen-bond donors (Lipinski definition) is 2. The Hall–Kier alpha value is -0.850. The molecule has 1 aromatic rings. The minimum atomic E-state index is -4.37. The van der Waals surface area contributed by atoms with E-state index >= 15 is 0 Å². The Kier molecular flexibility index (Phi) is 4.25. The molecule has 1 aliphatic carbocycles. The van der Waals surface area contributed by atoms with Crippen LogP contribution in [0.5, 0.6) is 0 Å². The van der Waals surface area contributed by atoms with Gasteiger partial charge in [-0.05, 0) is 31.4 Å². The van der Waals surface area contributed by atoms with E-state index in [1.807, 2.05) is 0 Å². The molecule has 1 saturated carbocycles. The molecular formula is C11H15ClF3N3. The van der Waals surface area contributed by atoms with Crippen molar-refractivity contribution < 1.29 is 13.2 Å². The lowest BCUT2D eigenvalue weighted by Crippen LogP contribution is -2.49. The van der Waals surface area contributed by atoms with Crippen molar-refractivity contribution in [1.29, 1.82) is 0 Å². The Morgan fingerprint density at radius 1 is 1.33 bits per heavy atom. The molecule has 0 aromatic carbocycles. The van der Waals surface area contributed by atoms with Gasteiger partial charge in [0.15, 0.2) is 0 Å². The molecule has 2 unspecified atom stereocenters. The van der Waals surface area contributed by atoms with Gasteiger partial charge < -0.3 is 11.5 Å². The zero-order valence-corrected chi connectivity index (χ0v) is 10.4. The van der Waals surface area contributed by atoms with Crippen molar-refractivity contribution in [3.05, 3.63) is 29.6 Å². The van der Waals surface area contributed by atoms with Crippen molar-refractivity contribution in [3.8, 4) is 0 Å². The molecule has 102 valence electrons. The minimum absolute atomic E-state index is 0. The predicted octanol–water partition coefficient (Wildman–Crippen LogP) is 2.19. The molecule has 3 nitrogen and oxygen atoms in total. The van der Waals surface area contributed by atoms with Crippen LogP contribution in [-0.4, -0.2) is 11.0 Å². The summed E-state index contributed by atoms with van der Waals surface area (Å²) in [6, 6.07) is 2.09. The van der Waals surface area contributed by atoms with Gasteiger partial charge in [-0.1, -0.05) is 0 Å². The van der Waals surface area contributed by atoms with Gasteiger partial charge in [0.2, 0.25) is 0 Å². The van der Waals surface area contributed by atoms with Gasteiger partial charge in [-0.2, -0.15) is 13.2 Å². The Morgan fingerprint density at radius 3 is 2.39 bits per heavy atom. The van der Waals surface area contributed by atoms with Gasteiger partial charge in [-0.3, -0.25) is 4.98 Å². The number of aromatic nitrogens is 1. The second kappa shape index (κ2) is 5.03. The van der Waals surface area contributed by atoms with Crippen molar-refractivity contribution in [2.24, 2.45) is 11.5 Å². The third-order valence-corrected chi connectivity index (χ3v) is 3.33. The highest BCUT2D eigenvalue weighted by Gasteiger charge is 2.40. The van der Waals surface area contributed by atoms with Crippen molar-refractivity contribution in [1.82, 2.24) is 4.98 Å². The summed E-state index contributed by atoms with van der Waals surface area (Å²) in [6.07, 6.45) is -1.24. The normalized spacial score (nSPS) is 27.9. The second-order valence-corrected chi connectivity index (χ2v) is 4.47. The number of nitrogens with zero attached hydrogens (tertiary/aromatic N) is 1. The maximum atomic E-state index is 12.4. The zero-order valence-electron chi connectivity index (χ0n) is 9.57. The molecule has 7 heteroatoms. The maximum Gasteiger partial charge on any atom is 0.417 e. The fourth-order valence-corrected chi connectivity index (χ4v) is 2.21. The van der Waals surface area contributed by atoms with Gasteiger partial charge in [-0.15, -0.1) is 12.4 Å². The summed E-state index contributed by atoms with van der Waals surface area (Å²) in [4.78, 5) is 3.82. The predicted molar refractivity (Wildman–Crippen MR) is 64.2 cm³/mol. The lowest BCUT2D eigenvalue weighted by molar-refractivity contribution is -0.137. The van der Waals surface area contributed by atoms with Crippen LogP contribution in [0.25, 0.3) is 0 Å². The van der Waals surface area contributed by atoms with Gasteiger partial charge in [0.1, 0.15) is 0 Å². The molecule has 0 spiro atoms. The molecular weight excluding hydrogens is 267 g/mol. The summed E-state index contributed by atoms with van der Waals surface area (Å²) in [6.45, 7) is 0. The number of alkyl halides is 3. The van der Waals surface area contributed by atoms with Crippen LogP contribution in [0.1, 0.15) is 30.5 Å². The van der Waals surface area contributed by atoms with E-state index in [0.717, 1.165) is 25.1 Å². The molecule has 0 radical (unpaired) electrons. The summed E-state index contributed by atoms with van der Waals surface area (Å²) in [7, 11) is 0. The lowest BCUT2D eigenvalue weighted by Gasteiger charge is -2.28. The van der Waals surface area contributed by atoms with E-state index in [1.165, 1.54) is 6.07 Å². The molecule has 1 heterocycles. The lowest BCUT2D eigenvalue weighted by atomic mass is 9.90. The molecule has 2 atom stereocenters. The standard InChI is InChI=1S/C11H14F3N3.ClH/c12-11(13,14)7-3-4-9(17-6-7)10(16)5-1-2-8(10)15;/h3-4,6,8H,1-2,5,15-16H2;1H. The largest absolute Gasteiger partial charge is 0.417 e. The van der Waals surface area contributed by atoms with Crippen LogP contribution in [0.2, 0.25) is 0 Å². The number of halogens is 4. The average Bonchev–Trinajstić information content (AvgIpc) is 2.60. The van der Waals surface area contributed by atoms with Crippen LogP contribution in [-0.2, 0) is 11.7 Å². The third-order valence-electron chi connectivity index (χ3n) is 3.33. The smallest absolute Gasteiger partial charge is 0.326 e. The third kappa shape index (κ3) is 2.60. The monoisotopic (exact) mass is 281 g/mol. The summed E-state index contributed by atoms with van der Waals surface area (Å²) < 4.78 is 37.1. The topological polar surface area (TPSA) is 64.9 Å². The fraction of sp³-hybridized carbons (Fsp3) is 0.545. The summed E-state index contributed by atoms with van der Waals surface area (Å²) in [5.41, 5.74) is 10.9. The van der Waals surface area contributed by atoms with Gasteiger partial charge in [0.25, 0.3) is 0 Å². The van der Waals surface area contributed by atoms with Gasteiger partial charge in [0, 0.05) is 12.2 Å². The number of rotatable bonds is 1. The summed E-state index contributed by atoms with van der Waals surface area (Å²) in [5.74, 6) is 0. The van der Waals surface area contributed by atoms with Crippen LogP contribution in [0.4, 0.5) is 13.2 Å². The van der Waals surface area contributed by atoms with Gasteiger partial charge >= 0.3 is 6.18 Å². The molecule has 0 aliphatic heterocycles. The highest BCUT2D eigenvalue weighted by Crippen LogP contribution is 2.35. The number of pyridine rings is 1. The number of nitrogens with two attached hydrogens (primary N) is 2. The summed E-state index contributed by atoms with van der Waals surface area (Å²) in [5, 5.41) is 0. The second-order valence-electron chi connectivity index (χ2n) is 4.47. The van der Waals surface area contributed by atoms with Crippen LogP contribution in [0, 0.1) is 0 Å². The van der Waals surface area contributed by atoms with E-state index in [0.29, 0.717) is 12.1 Å². The first kappa shape index (κ1) is 15.2. The summed E-state index contributed by atoms with van der Waals surface area (Å²) >= 11 is 0. The van der Waals surface area contributed by atoms with Crippen LogP contribution in [0.3, 0.4) is 0 Å². The van der Waals surface area contributed by atoms with Gasteiger partial charge in [0.05, 0.1) is 16.8 Å². The highest BCUT2D eigenvalue weighted by molar-refractivity contribution is 5.85. The first-order chi connectivity index (χ1) is 7.84. The zero-order chi connectivity index (χ0) is 12.7. The first-order valence-corrected chi connectivity index (χ1v) is 5.42. The molecule has 1 aromatic heterocycles. The van der Waals surface area contributed by atoms with Crippen molar-refractivity contribution in [2.45, 2.75) is 37.0 Å². The Balaban J connectivity index is 0.00000162. The van der Waals surface area contributed by atoms with Crippen LogP contribution < -0.4 is 11.5 Å². The van der Waals surface area contributed by atoms with Crippen LogP contribution >= 0.6 is 12.4 Å². The molecule has 0 amide bonds. The van der Waals surface area contributed by atoms with E-state index in [-0.39, 0.29) is 18.4 Å². The number of hydrogen-bond acceptors (Lipinski definition) is 3. The van der Waals surface area contributed by atoms with E-state index in [1.54, 1.807) is 0 Å². The Morgan fingerprint density at radius 2 is 2.00 bits per heavy atom. The molecule has 1 aliphatic rings. The first-order valence-electron chi connectivity index (χ1n) is 5.42. The molecule has 0 bridgehead atoms. The molecule has 1 fully saturated rings. The fourth-order valence-electron chi connectivity index (χ4n) is 2.21. The van der Waals surface area contributed by atoms with Crippen molar-refractivity contribution >= 4 is 12.4 Å². The Bertz CT molecular complexity index is 407. The van der Waals surface area contributed by atoms with Crippen molar-refractivity contribution in [3.63, 3.8) is 0 Å². The van der Waals surface area contributed by atoms with E-state index in [4.69, 9.17) is 11.5 Å². The van der Waals surface area contributed by atoms with Crippen LogP contribution in [0.15, 0.2) is 18.3 Å². The Labute approximate surface area is 109 Å². The van der Waals surface area contributed by atoms with E-state index in [2.05, 4.69) is 4.98 Å². The molecule has 2 rings (SSSR count). The van der Waals surface area contributed by atoms with Gasteiger partial charge in [-0.25, -0.2) is 0 Å². The molecule has 0 saturated heterocycles. The average molecular weight is 282 g/mol. The van der Waals surface area contributed by atoms with E-state index in [9.17, 15) is 13.2 Å². The maximum absolute atomic E-state index is 12.4. The highest BCUT2D eigenvalue weighted by atomic mass is 35.5. The minimum Gasteiger partial charge on any atom is -0.326 e.